The van der Waals surface area contributed by atoms with Gasteiger partial charge < -0.3 is 5.32 Å². The molecule has 0 fully saturated rings. The van der Waals surface area contributed by atoms with Crippen LogP contribution in [0.15, 0.2) is 48.5 Å². The Hall–Kier alpha value is -1.07. The predicted molar refractivity (Wildman–Crippen MR) is 78.6 cm³/mol. The second-order valence-corrected chi connectivity index (χ2v) is 5.04. The minimum atomic E-state index is -0.134. The van der Waals surface area contributed by atoms with Gasteiger partial charge in [0, 0.05) is 14.2 Å². The van der Waals surface area contributed by atoms with Gasteiger partial charge in [-0.2, -0.15) is 0 Å². The first-order chi connectivity index (χ1) is 8.16. The Labute approximate surface area is 118 Å². The van der Waals surface area contributed by atoms with Crippen molar-refractivity contribution < 1.29 is 4.79 Å². The Morgan fingerprint density at radius 1 is 1.06 bits per heavy atom. The molecule has 0 atom stereocenters. The van der Waals surface area contributed by atoms with Crippen molar-refractivity contribution in [2.24, 2.45) is 0 Å². The highest BCUT2D eigenvalue weighted by Gasteiger charge is 2.07. The molecule has 17 heavy (non-hydrogen) atoms. The molecule has 0 aliphatic heterocycles. The molecule has 2 aromatic carbocycles. The molecule has 0 unspecified atom stereocenters. The van der Waals surface area contributed by atoms with E-state index in [0.29, 0.717) is 10.6 Å². The maximum Gasteiger partial charge on any atom is 0.255 e. The minimum Gasteiger partial charge on any atom is -0.321 e. The molecule has 0 heterocycles. The first-order valence-electron chi connectivity index (χ1n) is 4.98. The van der Waals surface area contributed by atoms with Gasteiger partial charge in [-0.1, -0.05) is 23.7 Å². The highest BCUT2D eigenvalue weighted by Crippen LogP contribution is 2.18. The van der Waals surface area contributed by atoms with Crippen molar-refractivity contribution in [2.75, 3.05) is 5.32 Å². The van der Waals surface area contributed by atoms with E-state index in [2.05, 4.69) is 27.9 Å². The zero-order valence-corrected chi connectivity index (χ0v) is 11.7. The molecule has 0 aliphatic rings. The molecule has 2 aromatic rings. The summed E-state index contributed by atoms with van der Waals surface area (Å²) in [4.78, 5) is 11.9. The zero-order chi connectivity index (χ0) is 12.3. The number of nitrogens with one attached hydrogen (secondary N) is 1. The summed E-state index contributed by atoms with van der Waals surface area (Å²) < 4.78 is 1.01. The van der Waals surface area contributed by atoms with Gasteiger partial charge in [-0.25, -0.2) is 0 Å². The fraction of sp³-hybridized carbons (Fsp3) is 0. The number of hydrogen-bond acceptors (Lipinski definition) is 1. The van der Waals surface area contributed by atoms with Crippen molar-refractivity contribution >= 4 is 45.8 Å². The summed E-state index contributed by atoms with van der Waals surface area (Å²) in [6, 6.07) is 14.4. The lowest BCUT2D eigenvalue weighted by molar-refractivity contribution is 0.102. The molecule has 0 aromatic heterocycles. The van der Waals surface area contributed by atoms with Crippen LogP contribution in [0.2, 0.25) is 5.02 Å². The van der Waals surface area contributed by atoms with Gasteiger partial charge >= 0.3 is 0 Å². The van der Waals surface area contributed by atoms with E-state index in [9.17, 15) is 4.79 Å². The molecule has 2 nitrogen and oxygen atoms in total. The molecule has 0 saturated heterocycles. The molecule has 1 amide bonds. The largest absolute Gasteiger partial charge is 0.321 e. The van der Waals surface area contributed by atoms with Gasteiger partial charge in [0.2, 0.25) is 0 Å². The molecule has 2 rings (SSSR count). The average molecular weight is 358 g/mol. The van der Waals surface area contributed by atoms with Gasteiger partial charge in [0.1, 0.15) is 0 Å². The van der Waals surface area contributed by atoms with Crippen LogP contribution in [0, 0.1) is 3.57 Å². The molecular weight excluding hydrogens is 349 g/mol. The van der Waals surface area contributed by atoms with Crippen LogP contribution < -0.4 is 5.32 Å². The Morgan fingerprint density at radius 3 is 2.35 bits per heavy atom. The Kier molecular flexibility index (Phi) is 4.02. The third-order valence-corrected chi connectivity index (χ3v) is 3.42. The van der Waals surface area contributed by atoms with Crippen LogP contribution in [0.4, 0.5) is 5.69 Å². The number of anilines is 1. The van der Waals surface area contributed by atoms with Crippen molar-refractivity contribution in [3.8, 4) is 0 Å². The number of halogens is 2. The molecule has 86 valence electrons. The first-order valence-corrected chi connectivity index (χ1v) is 6.44. The van der Waals surface area contributed by atoms with Crippen LogP contribution in [-0.2, 0) is 0 Å². The van der Waals surface area contributed by atoms with Crippen molar-refractivity contribution in [1.29, 1.82) is 0 Å². The lowest BCUT2D eigenvalue weighted by Crippen LogP contribution is -2.12. The average Bonchev–Trinajstić information content (AvgIpc) is 2.33. The van der Waals surface area contributed by atoms with Crippen molar-refractivity contribution in [3.63, 3.8) is 0 Å². The van der Waals surface area contributed by atoms with Crippen LogP contribution in [0.5, 0.6) is 0 Å². The van der Waals surface area contributed by atoms with E-state index in [1.807, 2.05) is 24.3 Å². The molecule has 1 N–H and O–H groups in total. The molecule has 0 saturated carbocycles. The summed E-state index contributed by atoms with van der Waals surface area (Å²) in [5, 5.41) is 3.48. The number of para-hydroxylation sites is 1. The van der Waals surface area contributed by atoms with Gasteiger partial charge in [-0.05, 0) is 59.0 Å². The Balaban J connectivity index is 2.17. The number of benzene rings is 2. The Bertz CT molecular complexity index is 539. The molecule has 4 heteroatoms. The molecule has 0 radical (unpaired) electrons. The van der Waals surface area contributed by atoms with Crippen LogP contribution in [0.3, 0.4) is 0 Å². The SMILES string of the molecule is O=C(Nc1ccccc1I)c1ccc(Cl)cc1. The van der Waals surface area contributed by atoms with Crippen LogP contribution in [0.25, 0.3) is 0 Å². The first kappa shape index (κ1) is 12.4. The summed E-state index contributed by atoms with van der Waals surface area (Å²) in [7, 11) is 0. The van der Waals surface area contributed by atoms with Crippen molar-refractivity contribution in [1.82, 2.24) is 0 Å². The number of amides is 1. The number of hydrogen-bond donors (Lipinski definition) is 1. The van der Waals surface area contributed by atoms with E-state index < -0.39 is 0 Å². The van der Waals surface area contributed by atoms with E-state index in [0.717, 1.165) is 9.26 Å². The van der Waals surface area contributed by atoms with Gasteiger partial charge in [-0.3, -0.25) is 4.79 Å². The maximum atomic E-state index is 11.9. The predicted octanol–water partition coefficient (Wildman–Crippen LogP) is 4.20. The van der Waals surface area contributed by atoms with E-state index in [1.54, 1.807) is 24.3 Å². The molecule has 0 bridgehead atoms. The summed E-state index contributed by atoms with van der Waals surface area (Å²) in [5.41, 5.74) is 1.40. The molecule has 0 spiro atoms. The quantitative estimate of drug-likeness (QED) is 0.802. The summed E-state index contributed by atoms with van der Waals surface area (Å²) >= 11 is 7.95. The second kappa shape index (κ2) is 5.51. The lowest BCUT2D eigenvalue weighted by atomic mass is 10.2. The summed E-state index contributed by atoms with van der Waals surface area (Å²) in [6.45, 7) is 0. The minimum absolute atomic E-state index is 0.134. The highest BCUT2D eigenvalue weighted by molar-refractivity contribution is 14.1. The third-order valence-electron chi connectivity index (χ3n) is 2.23. The lowest BCUT2D eigenvalue weighted by Gasteiger charge is -2.07. The zero-order valence-electron chi connectivity index (χ0n) is 8.78. The van der Waals surface area contributed by atoms with E-state index in [-0.39, 0.29) is 5.91 Å². The normalized spacial score (nSPS) is 10.0. The topological polar surface area (TPSA) is 29.1 Å². The van der Waals surface area contributed by atoms with Crippen molar-refractivity contribution in [2.45, 2.75) is 0 Å². The number of carbonyl (C=O) groups excluding carboxylic acids is 1. The van der Waals surface area contributed by atoms with Gasteiger partial charge in [0.15, 0.2) is 0 Å². The van der Waals surface area contributed by atoms with E-state index >= 15 is 0 Å². The maximum absolute atomic E-state index is 11.9. The fourth-order valence-corrected chi connectivity index (χ4v) is 2.01. The third kappa shape index (κ3) is 3.20. The molecular formula is C13H9ClINO. The van der Waals surface area contributed by atoms with E-state index in [1.165, 1.54) is 0 Å². The monoisotopic (exact) mass is 357 g/mol. The fourth-order valence-electron chi connectivity index (χ4n) is 1.36. The van der Waals surface area contributed by atoms with Crippen LogP contribution in [0.1, 0.15) is 10.4 Å². The smallest absolute Gasteiger partial charge is 0.255 e. The van der Waals surface area contributed by atoms with Crippen LogP contribution >= 0.6 is 34.2 Å². The summed E-state index contributed by atoms with van der Waals surface area (Å²) in [5.74, 6) is -0.134. The standard InChI is InChI=1S/C13H9ClINO/c14-10-7-5-9(6-8-10)13(17)16-12-4-2-1-3-11(12)15/h1-8H,(H,16,17). The Morgan fingerprint density at radius 2 is 1.71 bits per heavy atom. The van der Waals surface area contributed by atoms with Gasteiger partial charge in [-0.15, -0.1) is 0 Å². The second-order valence-electron chi connectivity index (χ2n) is 3.44. The highest BCUT2D eigenvalue weighted by atomic mass is 127. The summed E-state index contributed by atoms with van der Waals surface area (Å²) in [6.07, 6.45) is 0. The number of rotatable bonds is 2. The molecule has 0 aliphatic carbocycles. The van der Waals surface area contributed by atoms with Crippen molar-refractivity contribution in [3.05, 3.63) is 62.7 Å². The van der Waals surface area contributed by atoms with E-state index in [4.69, 9.17) is 11.6 Å². The van der Waals surface area contributed by atoms with Gasteiger partial charge in [0.05, 0.1) is 5.69 Å². The number of carbonyl (C=O) groups is 1. The van der Waals surface area contributed by atoms with Crippen LogP contribution in [-0.4, -0.2) is 5.91 Å². The van der Waals surface area contributed by atoms with Gasteiger partial charge in [0.25, 0.3) is 5.91 Å².